The van der Waals surface area contributed by atoms with Crippen LogP contribution in [0.25, 0.3) is 0 Å². The molecule has 1 aliphatic carbocycles. The van der Waals surface area contributed by atoms with E-state index >= 15 is 0 Å². The molecule has 1 rings (SSSR count). The molecule has 0 radical (unpaired) electrons. The fraction of sp³-hybridized carbons (Fsp3) is 0.500. The van der Waals surface area contributed by atoms with E-state index in [-0.39, 0.29) is 0 Å². The van der Waals surface area contributed by atoms with Gasteiger partial charge in [0, 0.05) is 0 Å². The minimum absolute atomic E-state index is 1.21. The van der Waals surface area contributed by atoms with Crippen molar-refractivity contribution in [3.8, 4) is 0 Å². The molecule has 63 valence electrons. The Hall–Kier alpha value is 0.898. The Balaban J connectivity index is 2.87. The van der Waals surface area contributed by atoms with Gasteiger partial charge in [-0.3, -0.25) is 0 Å². The van der Waals surface area contributed by atoms with Crippen LogP contribution in [0.2, 0.25) is 15.9 Å². The van der Waals surface area contributed by atoms with E-state index in [1.54, 1.807) is 3.96 Å². The molecule has 0 atom stereocenters. The first-order valence-electron chi connectivity index (χ1n) is 2.94. The quantitative estimate of drug-likeness (QED) is 0.550. The summed E-state index contributed by atoms with van der Waals surface area (Å²) in [6, 6.07) is 0. The molecule has 0 nitrogen and oxygen atoms in total. The first-order chi connectivity index (χ1) is 4.36. The molecule has 0 aromatic heterocycles. The SMILES string of the molecule is [CH3][Pt]([CH3])([CH3])([I])[C]1=CC=CC1. The summed E-state index contributed by atoms with van der Waals surface area (Å²) in [5, 5.41) is 7.35. The summed E-state index contributed by atoms with van der Waals surface area (Å²) < 4.78 is 1.70. The Morgan fingerprint density at radius 2 is 2.00 bits per heavy atom. The van der Waals surface area contributed by atoms with Gasteiger partial charge in [-0.2, -0.15) is 0 Å². The molecule has 1 aliphatic rings. The third-order valence-electron chi connectivity index (χ3n) is 1.39. The zero-order valence-electron chi connectivity index (χ0n) is 6.63. The van der Waals surface area contributed by atoms with E-state index in [1.807, 2.05) is 0 Å². The van der Waals surface area contributed by atoms with Gasteiger partial charge in [0.25, 0.3) is 0 Å². The van der Waals surface area contributed by atoms with Gasteiger partial charge in [-0.25, -0.2) is 0 Å². The number of rotatable bonds is 1. The normalized spacial score (nSPS) is 22.0. The molecule has 0 saturated carbocycles. The van der Waals surface area contributed by atoms with E-state index in [4.69, 9.17) is 0 Å². The molecule has 0 aromatic carbocycles. The molecule has 0 amide bonds. The molecule has 0 unspecified atom stereocenters. The number of hydrogen-bond acceptors (Lipinski definition) is 0. The van der Waals surface area contributed by atoms with E-state index in [9.17, 15) is 0 Å². The van der Waals surface area contributed by atoms with Crippen LogP contribution >= 0.6 is 19.4 Å². The summed E-state index contributed by atoms with van der Waals surface area (Å²) in [5.41, 5.74) is 0. The number of halogens is 1. The Labute approximate surface area is 74.4 Å². The van der Waals surface area contributed by atoms with Crippen molar-refractivity contribution in [3.05, 3.63) is 22.2 Å². The summed E-state index contributed by atoms with van der Waals surface area (Å²) in [7, 11) is 0. The second kappa shape index (κ2) is 2.45. The molecule has 0 heterocycles. The van der Waals surface area contributed by atoms with Crippen LogP contribution in [0.3, 0.4) is 0 Å². The van der Waals surface area contributed by atoms with Crippen molar-refractivity contribution >= 4 is 19.4 Å². The number of allylic oxidation sites excluding steroid dienone is 4. The van der Waals surface area contributed by atoms with E-state index < -0.39 is 11.1 Å². The van der Waals surface area contributed by atoms with Crippen molar-refractivity contribution in [1.29, 1.82) is 0 Å². The summed E-state index contributed by atoms with van der Waals surface area (Å²) in [6.45, 7) is 0. The van der Waals surface area contributed by atoms with Crippen LogP contribution in [-0.2, 0) is 11.1 Å². The fourth-order valence-corrected chi connectivity index (χ4v) is 6.21. The Kier molecular flexibility index (Phi) is 2.20. The van der Waals surface area contributed by atoms with Crippen LogP contribution in [0, 0.1) is 0 Å². The maximum atomic E-state index is 2.69. The first-order valence-corrected chi connectivity index (χ1v) is 17.3. The van der Waals surface area contributed by atoms with Crippen molar-refractivity contribution in [2.75, 3.05) is 0 Å². The van der Waals surface area contributed by atoms with Crippen LogP contribution in [0.15, 0.2) is 22.2 Å². The maximum absolute atomic E-state index is 2.69. The molecule has 0 bridgehead atoms. The Morgan fingerprint density at radius 1 is 1.40 bits per heavy atom. The molecule has 10 heavy (non-hydrogen) atoms. The second-order valence-corrected chi connectivity index (χ2v) is 37.3. The standard InChI is InChI=1S/C5H5.3CH3.HI.Pt/c1-2-4-5-3-1;;;;;/h1-3H,4H2;3*1H3;1H;/q;;;;;+1/p-1. The summed E-state index contributed by atoms with van der Waals surface area (Å²) in [6.07, 6.45) is 7.96. The van der Waals surface area contributed by atoms with Gasteiger partial charge in [-0.15, -0.1) is 0 Å². The van der Waals surface area contributed by atoms with Crippen molar-refractivity contribution in [2.24, 2.45) is 0 Å². The predicted octanol–water partition coefficient (Wildman–Crippen LogP) is 4.01. The molecule has 0 fully saturated rings. The van der Waals surface area contributed by atoms with Gasteiger partial charge in [0.2, 0.25) is 0 Å². The molecular weight excluding hydrogens is 418 g/mol. The van der Waals surface area contributed by atoms with E-state index in [1.165, 1.54) is 6.42 Å². The van der Waals surface area contributed by atoms with E-state index in [2.05, 4.69) is 53.5 Å². The van der Waals surface area contributed by atoms with Crippen LogP contribution in [-0.4, -0.2) is 0 Å². The monoisotopic (exact) mass is 432 g/mol. The van der Waals surface area contributed by atoms with Gasteiger partial charge >= 0.3 is 75.0 Å². The van der Waals surface area contributed by atoms with E-state index in [0.717, 1.165) is 0 Å². The van der Waals surface area contributed by atoms with Crippen molar-refractivity contribution in [2.45, 2.75) is 22.4 Å². The fourth-order valence-electron chi connectivity index (χ4n) is 0.804. The zero-order valence-corrected chi connectivity index (χ0v) is 11.1. The molecule has 0 spiro atoms. The minimum atomic E-state index is -1.99. The van der Waals surface area contributed by atoms with Crippen molar-refractivity contribution < 1.29 is 11.1 Å². The predicted molar refractivity (Wildman–Crippen MR) is 53.5 cm³/mol. The van der Waals surface area contributed by atoms with Gasteiger partial charge in [0.05, 0.1) is 0 Å². The summed E-state index contributed by atoms with van der Waals surface area (Å²) >= 11 is 0.702. The molecule has 0 aromatic rings. The molecule has 2 heteroatoms. The number of hydrogen-bond donors (Lipinski definition) is 0. The average molecular weight is 432 g/mol. The van der Waals surface area contributed by atoms with Crippen molar-refractivity contribution in [3.63, 3.8) is 0 Å². The molecule has 0 N–H and O–H groups in total. The van der Waals surface area contributed by atoms with Crippen LogP contribution < -0.4 is 0 Å². The summed E-state index contributed by atoms with van der Waals surface area (Å²) in [5.74, 6) is 0. The topological polar surface area (TPSA) is 0 Å². The van der Waals surface area contributed by atoms with Gasteiger partial charge in [-0.05, 0) is 0 Å². The van der Waals surface area contributed by atoms with Crippen LogP contribution in [0.1, 0.15) is 6.42 Å². The second-order valence-electron chi connectivity index (χ2n) is 3.05. The summed E-state index contributed by atoms with van der Waals surface area (Å²) in [4.78, 5) is 0. The third-order valence-corrected chi connectivity index (χ3v) is 10.7. The Bertz CT molecular complexity index is 196. The van der Waals surface area contributed by atoms with Gasteiger partial charge in [0.1, 0.15) is 0 Å². The van der Waals surface area contributed by atoms with Gasteiger partial charge in [0.15, 0.2) is 0 Å². The Morgan fingerprint density at radius 3 is 2.20 bits per heavy atom. The molecule has 0 saturated heterocycles. The average Bonchev–Trinajstić information content (AvgIpc) is 2.04. The van der Waals surface area contributed by atoms with Crippen LogP contribution in [0.4, 0.5) is 0 Å². The van der Waals surface area contributed by atoms with Gasteiger partial charge in [-0.1, -0.05) is 0 Å². The molecule has 0 aliphatic heterocycles. The van der Waals surface area contributed by atoms with E-state index in [0.29, 0.717) is 0 Å². The molecular formula is C8H14IPt. The zero-order chi connectivity index (χ0) is 7.85. The van der Waals surface area contributed by atoms with Crippen molar-refractivity contribution in [1.82, 2.24) is 0 Å². The van der Waals surface area contributed by atoms with Crippen LogP contribution in [0.5, 0.6) is 0 Å². The third kappa shape index (κ3) is 2.20. The van der Waals surface area contributed by atoms with Gasteiger partial charge < -0.3 is 0 Å². The first kappa shape index (κ1) is 8.99.